The second-order valence-electron chi connectivity index (χ2n) is 5.55. The SMILES string of the molecule is Cc1cc(C(C)n2cc3c(Cl)nccc3n2)ccc1OCC(F)F. The predicted molar refractivity (Wildman–Crippen MR) is 89.0 cm³/mol. The maximum Gasteiger partial charge on any atom is 0.272 e. The minimum absolute atomic E-state index is 0.0451. The van der Waals surface area contributed by atoms with E-state index < -0.39 is 13.0 Å². The van der Waals surface area contributed by atoms with Crippen molar-refractivity contribution in [3.05, 3.63) is 52.9 Å². The van der Waals surface area contributed by atoms with Crippen LogP contribution in [0.3, 0.4) is 0 Å². The van der Waals surface area contributed by atoms with Gasteiger partial charge < -0.3 is 4.74 Å². The summed E-state index contributed by atoms with van der Waals surface area (Å²) >= 11 is 6.09. The number of pyridine rings is 1. The number of halogens is 3. The molecule has 1 unspecified atom stereocenters. The molecule has 0 spiro atoms. The second kappa shape index (κ2) is 6.73. The quantitative estimate of drug-likeness (QED) is 0.628. The molecule has 4 nitrogen and oxygen atoms in total. The summed E-state index contributed by atoms with van der Waals surface area (Å²) in [6.45, 7) is 3.23. The Balaban J connectivity index is 1.87. The van der Waals surface area contributed by atoms with Crippen molar-refractivity contribution in [1.29, 1.82) is 0 Å². The Kier molecular flexibility index (Phi) is 4.66. The van der Waals surface area contributed by atoms with Gasteiger partial charge in [-0.05, 0) is 37.1 Å². The third-order valence-corrected chi connectivity index (χ3v) is 4.15. The first kappa shape index (κ1) is 16.6. The summed E-state index contributed by atoms with van der Waals surface area (Å²) in [7, 11) is 0. The maximum atomic E-state index is 12.3. The molecule has 0 saturated heterocycles. The number of fused-ring (bicyclic) bond motifs is 1. The molecule has 24 heavy (non-hydrogen) atoms. The third-order valence-electron chi connectivity index (χ3n) is 3.85. The topological polar surface area (TPSA) is 39.9 Å². The van der Waals surface area contributed by atoms with Crippen LogP contribution in [0, 0.1) is 6.92 Å². The Labute approximate surface area is 143 Å². The molecule has 3 aromatic rings. The van der Waals surface area contributed by atoms with Crippen LogP contribution in [0.25, 0.3) is 10.9 Å². The van der Waals surface area contributed by atoms with Gasteiger partial charge in [-0.25, -0.2) is 13.8 Å². The Hall–Kier alpha value is -2.21. The average Bonchev–Trinajstić information content (AvgIpc) is 2.98. The van der Waals surface area contributed by atoms with E-state index in [0.29, 0.717) is 10.9 Å². The van der Waals surface area contributed by atoms with E-state index in [1.165, 1.54) is 0 Å². The molecule has 1 atom stereocenters. The molecule has 0 radical (unpaired) electrons. The van der Waals surface area contributed by atoms with Gasteiger partial charge in [-0.1, -0.05) is 23.7 Å². The van der Waals surface area contributed by atoms with E-state index in [-0.39, 0.29) is 6.04 Å². The molecule has 0 saturated carbocycles. The van der Waals surface area contributed by atoms with Gasteiger partial charge in [0.25, 0.3) is 6.43 Å². The summed E-state index contributed by atoms with van der Waals surface area (Å²) in [6.07, 6.45) is 0.982. The molecule has 0 fully saturated rings. The molecule has 0 aliphatic rings. The fraction of sp³-hybridized carbons (Fsp3) is 0.294. The lowest BCUT2D eigenvalue weighted by molar-refractivity contribution is 0.0815. The fourth-order valence-corrected chi connectivity index (χ4v) is 2.73. The lowest BCUT2D eigenvalue weighted by Crippen LogP contribution is -2.10. The van der Waals surface area contributed by atoms with Crippen LogP contribution in [0.15, 0.2) is 36.7 Å². The Morgan fingerprint density at radius 3 is 2.75 bits per heavy atom. The number of hydrogen-bond acceptors (Lipinski definition) is 3. The number of alkyl halides is 2. The summed E-state index contributed by atoms with van der Waals surface area (Å²) in [4.78, 5) is 4.05. The van der Waals surface area contributed by atoms with Crippen molar-refractivity contribution in [2.45, 2.75) is 26.3 Å². The van der Waals surface area contributed by atoms with Crippen molar-refractivity contribution in [3.8, 4) is 5.75 Å². The van der Waals surface area contributed by atoms with Crippen LogP contribution in [0.1, 0.15) is 24.1 Å². The highest BCUT2D eigenvalue weighted by molar-refractivity contribution is 6.34. The van der Waals surface area contributed by atoms with Gasteiger partial charge in [-0.15, -0.1) is 0 Å². The zero-order valence-corrected chi connectivity index (χ0v) is 14.0. The molecule has 0 amide bonds. The second-order valence-corrected chi connectivity index (χ2v) is 5.90. The van der Waals surface area contributed by atoms with Crippen LogP contribution >= 0.6 is 11.6 Å². The van der Waals surface area contributed by atoms with Crippen LogP contribution in [-0.4, -0.2) is 27.8 Å². The fourth-order valence-electron chi connectivity index (χ4n) is 2.53. The highest BCUT2D eigenvalue weighted by atomic mass is 35.5. The molecule has 2 aromatic heterocycles. The monoisotopic (exact) mass is 351 g/mol. The van der Waals surface area contributed by atoms with E-state index in [0.717, 1.165) is 22.0 Å². The predicted octanol–water partition coefficient (Wildman–Crippen LogP) is 4.65. The average molecular weight is 352 g/mol. The molecule has 2 heterocycles. The molecule has 1 aromatic carbocycles. The van der Waals surface area contributed by atoms with Gasteiger partial charge in [-0.2, -0.15) is 5.10 Å². The minimum Gasteiger partial charge on any atom is -0.487 e. The Morgan fingerprint density at radius 1 is 1.29 bits per heavy atom. The van der Waals surface area contributed by atoms with E-state index in [2.05, 4.69) is 10.1 Å². The first-order chi connectivity index (χ1) is 11.5. The lowest BCUT2D eigenvalue weighted by atomic mass is 10.1. The number of hydrogen-bond donors (Lipinski definition) is 0. The van der Waals surface area contributed by atoms with Gasteiger partial charge in [-0.3, -0.25) is 4.68 Å². The smallest absolute Gasteiger partial charge is 0.272 e. The van der Waals surface area contributed by atoms with Crippen molar-refractivity contribution < 1.29 is 13.5 Å². The van der Waals surface area contributed by atoms with E-state index in [1.54, 1.807) is 18.3 Å². The number of nitrogens with zero attached hydrogens (tertiary/aromatic N) is 3. The molecule has 0 bridgehead atoms. The van der Waals surface area contributed by atoms with Crippen molar-refractivity contribution in [1.82, 2.24) is 14.8 Å². The van der Waals surface area contributed by atoms with Crippen LogP contribution in [0.5, 0.6) is 5.75 Å². The zero-order chi connectivity index (χ0) is 17.3. The molecule has 0 aliphatic heterocycles. The number of ether oxygens (including phenoxy) is 1. The van der Waals surface area contributed by atoms with Crippen molar-refractivity contribution in [2.24, 2.45) is 0 Å². The number of aryl methyl sites for hydroxylation is 1. The summed E-state index contributed by atoms with van der Waals surface area (Å²) in [6, 6.07) is 7.23. The highest BCUT2D eigenvalue weighted by Crippen LogP contribution is 2.27. The summed E-state index contributed by atoms with van der Waals surface area (Å²) in [5, 5.41) is 5.73. The minimum atomic E-state index is -2.49. The van der Waals surface area contributed by atoms with E-state index >= 15 is 0 Å². The van der Waals surface area contributed by atoms with E-state index in [4.69, 9.17) is 16.3 Å². The largest absolute Gasteiger partial charge is 0.487 e. The molecule has 3 rings (SSSR count). The Bertz CT molecular complexity index is 866. The summed E-state index contributed by atoms with van der Waals surface area (Å²) in [5.41, 5.74) is 2.57. The van der Waals surface area contributed by atoms with E-state index in [9.17, 15) is 8.78 Å². The van der Waals surface area contributed by atoms with Gasteiger partial charge in [0.05, 0.1) is 16.9 Å². The van der Waals surface area contributed by atoms with Gasteiger partial charge in [0, 0.05) is 12.4 Å². The normalized spacial score (nSPS) is 12.8. The van der Waals surface area contributed by atoms with Crippen LogP contribution < -0.4 is 4.74 Å². The van der Waals surface area contributed by atoms with Gasteiger partial charge in [0.2, 0.25) is 0 Å². The standard InChI is InChI=1S/C17H16ClF2N3O/c1-10-7-12(3-4-15(10)24-9-16(19)20)11(2)23-8-13-14(22-23)5-6-21-17(13)18/h3-8,11,16H,9H2,1-2H3. The number of rotatable bonds is 5. The molecule has 7 heteroatoms. The van der Waals surface area contributed by atoms with Gasteiger partial charge >= 0.3 is 0 Å². The van der Waals surface area contributed by atoms with Crippen LogP contribution in [-0.2, 0) is 0 Å². The Morgan fingerprint density at radius 2 is 2.08 bits per heavy atom. The van der Waals surface area contributed by atoms with Crippen molar-refractivity contribution in [2.75, 3.05) is 6.61 Å². The van der Waals surface area contributed by atoms with Crippen molar-refractivity contribution in [3.63, 3.8) is 0 Å². The summed E-state index contributed by atoms with van der Waals surface area (Å²) < 4.78 is 31.4. The zero-order valence-electron chi connectivity index (χ0n) is 13.2. The molecular formula is C17H16ClF2N3O. The first-order valence-electron chi connectivity index (χ1n) is 7.46. The highest BCUT2D eigenvalue weighted by Gasteiger charge is 2.14. The maximum absolute atomic E-state index is 12.3. The van der Waals surface area contributed by atoms with E-state index in [1.807, 2.05) is 36.9 Å². The number of benzene rings is 1. The first-order valence-corrected chi connectivity index (χ1v) is 7.84. The molecule has 126 valence electrons. The molecule has 0 aliphatic carbocycles. The van der Waals surface area contributed by atoms with Gasteiger partial charge in [0.1, 0.15) is 17.5 Å². The van der Waals surface area contributed by atoms with Crippen molar-refractivity contribution >= 4 is 22.5 Å². The molecular weight excluding hydrogens is 336 g/mol. The molecule has 0 N–H and O–H groups in total. The third kappa shape index (κ3) is 3.33. The van der Waals surface area contributed by atoms with Crippen LogP contribution in [0.2, 0.25) is 5.15 Å². The lowest BCUT2D eigenvalue weighted by Gasteiger charge is -2.15. The van der Waals surface area contributed by atoms with Gasteiger partial charge in [0.15, 0.2) is 0 Å². The number of aromatic nitrogens is 3. The van der Waals surface area contributed by atoms with Crippen LogP contribution in [0.4, 0.5) is 8.78 Å². The summed E-state index contributed by atoms with van der Waals surface area (Å²) in [5.74, 6) is 0.462.